The minimum Gasteiger partial charge on any atom is -0.494 e. The van der Waals surface area contributed by atoms with Crippen LogP contribution in [0.4, 0.5) is 86.9 Å². The number of likely N-dealkylation sites (N-methyl/N-ethyl adjacent to an activating group) is 3. The number of benzene rings is 6. The van der Waals surface area contributed by atoms with E-state index < -0.39 is 45.3 Å². The zero-order chi connectivity index (χ0) is 87.0. The molecule has 660 valence electrons. The molecule has 0 unspecified atom stereocenters. The van der Waals surface area contributed by atoms with Crippen LogP contribution in [0, 0.1) is 0 Å². The number of nitrogens with one attached hydrogen (secondary N) is 6. The molecule has 0 spiro atoms. The number of nitrogens with zero attached hydrogens (tertiary/aromatic N) is 18. The standard InChI is InChI=1S/3C29H40N8O3S/c3*1-21(2)41(38,39)27-8-6-5-7-25(27)33-29-31-20-30-28(34-29)32-24-10-9-23(19-26(24)40-4)36-13-11-22(12-14-36)37-17-15-35(3)16-18-37/h3*5-10,19-22H,11-18H2,1-4H3,(H2,30,31,32,33,34). The third-order valence-electron chi connectivity index (χ3n) is 23.8. The number of sulfone groups is 3. The van der Waals surface area contributed by atoms with E-state index >= 15 is 0 Å². The molecule has 0 bridgehead atoms. The monoisotopic (exact) mass is 1740 g/mol. The van der Waals surface area contributed by atoms with Gasteiger partial charge in [0.2, 0.25) is 35.7 Å². The predicted octanol–water partition coefficient (Wildman–Crippen LogP) is 11.3. The first kappa shape index (κ1) is 90.3. The van der Waals surface area contributed by atoms with E-state index in [1.165, 1.54) is 19.0 Å². The lowest BCUT2D eigenvalue weighted by molar-refractivity contribution is 0.0982. The third-order valence-corrected chi connectivity index (χ3v) is 30.5. The number of hydrogen-bond acceptors (Lipinski definition) is 33. The molecule has 6 N–H and O–H groups in total. The molecule has 9 aromatic rings. The summed E-state index contributed by atoms with van der Waals surface area (Å²) in [4.78, 5) is 61.8. The van der Waals surface area contributed by atoms with Crippen molar-refractivity contribution in [2.75, 3.05) is 207 Å². The van der Waals surface area contributed by atoms with Gasteiger partial charge in [-0.1, -0.05) is 36.4 Å². The van der Waals surface area contributed by atoms with Crippen LogP contribution in [0.2, 0.25) is 0 Å². The third kappa shape index (κ3) is 22.9. The van der Waals surface area contributed by atoms with Crippen molar-refractivity contribution in [3.63, 3.8) is 0 Å². The number of methoxy groups -OCH3 is 3. The zero-order valence-electron chi connectivity index (χ0n) is 72.7. The van der Waals surface area contributed by atoms with Gasteiger partial charge >= 0.3 is 0 Å². The average molecular weight is 1740 g/mol. The fraction of sp³-hybridized carbons (Fsp3) is 0.483. The summed E-state index contributed by atoms with van der Waals surface area (Å²) in [7, 11) is 1.06. The molecule has 3 aromatic heterocycles. The van der Waals surface area contributed by atoms with E-state index in [0.29, 0.717) is 70.3 Å². The summed E-state index contributed by atoms with van der Waals surface area (Å²) >= 11 is 0. The highest BCUT2D eigenvalue weighted by Crippen LogP contribution is 2.39. The lowest BCUT2D eigenvalue weighted by atomic mass is 10.0. The minimum atomic E-state index is -3.49. The van der Waals surface area contributed by atoms with E-state index in [2.05, 4.69) is 160 Å². The van der Waals surface area contributed by atoms with Gasteiger partial charge in [-0.2, -0.15) is 15.0 Å². The predicted molar refractivity (Wildman–Crippen MR) is 487 cm³/mol. The smallest absolute Gasteiger partial charge is 0.232 e. The summed E-state index contributed by atoms with van der Waals surface area (Å²) in [5, 5.41) is 17.1. The summed E-state index contributed by atoms with van der Waals surface area (Å²) in [6.07, 6.45) is 11.1. The molecule has 6 aromatic carbocycles. The molecule has 0 atom stereocenters. The second-order valence-corrected chi connectivity index (χ2v) is 40.2. The molecule has 6 aliphatic rings. The number of ether oxygens (including phenoxy) is 3. The molecule has 6 aliphatic heterocycles. The molecule has 6 saturated heterocycles. The van der Waals surface area contributed by atoms with Crippen molar-refractivity contribution in [2.45, 2.75) is 129 Å². The minimum absolute atomic E-state index is 0.203. The maximum atomic E-state index is 12.8. The summed E-state index contributed by atoms with van der Waals surface area (Å²) in [5.41, 5.74) is 6.81. The first-order valence-electron chi connectivity index (χ1n) is 42.5. The van der Waals surface area contributed by atoms with Crippen LogP contribution in [-0.4, -0.2) is 294 Å². The van der Waals surface area contributed by atoms with Gasteiger partial charge in [-0.05, 0) is 174 Å². The molecule has 33 nitrogen and oxygen atoms in total. The van der Waals surface area contributed by atoms with E-state index in [9.17, 15) is 25.3 Å². The number of anilines is 15. The van der Waals surface area contributed by atoms with Crippen LogP contribution >= 0.6 is 0 Å². The Morgan fingerprint density at radius 1 is 0.301 bits per heavy atom. The molecular weight excluding hydrogens is 1620 g/mol. The summed E-state index contributed by atoms with van der Waals surface area (Å²) in [5.74, 6) is 3.68. The zero-order valence-corrected chi connectivity index (χ0v) is 75.2. The fourth-order valence-electron chi connectivity index (χ4n) is 16.2. The second kappa shape index (κ2) is 41.4. The Bertz CT molecular complexity index is 4830. The Labute approximate surface area is 725 Å². The van der Waals surface area contributed by atoms with E-state index in [1.54, 1.807) is 136 Å². The number of rotatable bonds is 27. The van der Waals surface area contributed by atoms with Crippen LogP contribution in [0.1, 0.15) is 80.1 Å². The van der Waals surface area contributed by atoms with Crippen molar-refractivity contribution in [3.05, 3.63) is 146 Å². The van der Waals surface area contributed by atoms with Crippen LogP contribution in [0.3, 0.4) is 0 Å². The lowest BCUT2D eigenvalue weighted by Crippen LogP contribution is -2.52. The van der Waals surface area contributed by atoms with Crippen LogP contribution in [0.25, 0.3) is 0 Å². The Hall–Kier alpha value is -10.4. The molecule has 36 heteroatoms. The Morgan fingerprint density at radius 2 is 0.520 bits per heavy atom. The van der Waals surface area contributed by atoms with Crippen molar-refractivity contribution >= 4 is 116 Å². The largest absolute Gasteiger partial charge is 0.494 e. The molecule has 0 radical (unpaired) electrons. The maximum Gasteiger partial charge on any atom is 0.232 e. The van der Waals surface area contributed by atoms with Crippen molar-refractivity contribution in [2.24, 2.45) is 0 Å². The highest BCUT2D eigenvalue weighted by Gasteiger charge is 2.33. The summed E-state index contributed by atoms with van der Waals surface area (Å²) in [6.45, 7) is 29.9. The second-order valence-electron chi connectivity index (χ2n) is 32.7. The Balaban J connectivity index is 0.000000159. The van der Waals surface area contributed by atoms with Gasteiger partial charge in [0.25, 0.3) is 0 Å². The van der Waals surface area contributed by atoms with Gasteiger partial charge in [0.05, 0.1) is 85.9 Å². The van der Waals surface area contributed by atoms with Crippen LogP contribution in [-0.2, 0) is 29.5 Å². The average Bonchev–Trinajstić information content (AvgIpc) is 0.794. The van der Waals surface area contributed by atoms with Gasteiger partial charge in [-0.3, -0.25) is 14.7 Å². The quantitative estimate of drug-likeness (QED) is 0.0278. The maximum absolute atomic E-state index is 12.8. The Kier molecular flexibility index (Phi) is 30.4. The summed E-state index contributed by atoms with van der Waals surface area (Å²) in [6, 6.07) is 40.6. The van der Waals surface area contributed by atoms with E-state index in [-0.39, 0.29) is 32.5 Å². The summed E-state index contributed by atoms with van der Waals surface area (Å²) < 4.78 is 94.2. The van der Waals surface area contributed by atoms with E-state index in [0.717, 1.165) is 190 Å². The lowest BCUT2D eigenvalue weighted by Gasteiger charge is -2.42. The molecule has 9 heterocycles. The number of aromatic nitrogens is 9. The molecule has 6 fully saturated rings. The van der Waals surface area contributed by atoms with Crippen LogP contribution in [0.5, 0.6) is 17.2 Å². The number of hydrogen-bond donors (Lipinski definition) is 6. The van der Waals surface area contributed by atoms with Crippen LogP contribution in [0.15, 0.2) is 161 Å². The SMILES string of the molecule is COc1cc(N2CCC(N3CCN(C)CC3)CC2)ccc1Nc1ncnc(Nc2ccccc2S(=O)(=O)C(C)C)n1.COc1cc(N2CCC(N3CCN(C)CC3)CC2)ccc1Nc1ncnc(Nc2ccccc2S(=O)(=O)C(C)C)n1.COc1cc(N2CCC(N3CCN(C)CC3)CC2)ccc1Nc1ncnc(Nc2ccccc2S(=O)(=O)C(C)C)n1. The number of para-hydroxylation sites is 3. The molecule has 0 amide bonds. The van der Waals surface area contributed by atoms with Gasteiger partial charge in [0.1, 0.15) is 36.2 Å². The van der Waals surface area contributed by atoms with Gasteiger partial charge in [0, 0.05) is 171 Å². The van der Waals surface area contributed by atoms with Crippen molar-refractivity contribution in [1.82, 2.24) is 74.3 Å². The first-order chi connectivity index (χ1) is 59.2. The molecule has 0 aliphatic carbocycles. The van der Waals surface area contributed by atoms with Crippen LogP contribution < -0.4 is 60.8 Å². The Morgan fingerprint density at radius 3 is 0.740 bits per heavy atom. The molecule has 15 rings (SSSR count). The topological polar surface area (TPSA) is 347 Å². The van der Waals surface area contributed by atoms with Gasteiger partial charge in [-0.15, -0.1) is 0 Å². The van der Waals surface area contributed by atoms with Gasteiger partial charge in [-0.25, -0.2) is 55.2 Å². The number of piperidine rings is 3. The highest BCUT2D eigenvalue weighted by atomic mass is 32.2. The molecular formula is C87H120N24O9S3. The van der Waals surface area contributed by atoms with E-state index in [1.807, 2.05) is 36.4 Å². The fourth-order valence-corrected chi connectivity index (χ4v) is 19.8. The van der Waals surface area contributed by atoms with Crippen molar-refractivity contribution in [3.8, 4) is 17.2 Å². The van der Waals surface area contributed by atoms with Gasteiger partial charge < -0.3 is 75.5 Å². The highest BCUT2D eigenvalue weighted by molar-refractivity contribution is 7.92. The van der Waals surface area contributed by atoms with Crippen molar-refractivity contribution < 1.29 is 39.5 Å². The van der Waals surface area contributed by atoms with Crippen molar-refractivity contribution in [1.29, 1.82) is 0 Å². The first-order valence-corrected chi connectivity index (χ1v) is 47.1. The molecule has 0 saturated carbocycles. The molecule has 123 heavy (non-hydrogen) atoms. The van der Waals surface area contributed by atoms with Gasteiger partial charge in [0.15, 0.2) is 29.5 Å². The number of piperazine rings is 3. The van der Waals surface area contributed by atoms with E-state index in [4.69, 9.17) is 14.2 Å². The normalized spacial score (nSPS) is 17.5.